The fourth-order valence-corrected chi connectivity index (χ4v) is 4.64. The number of piperidine rings is 1. The number of hydrogen-bond donors (Lipinski definition) is 1. The lowest BCUT2D eigenvalue weighted by molar-refractivity contribution is -0.162. The molecule has 3 fully saturated rings. The Kier molecular flexibility index (Phi) is 5.81. The standard InChI is InChI=1S/C22H33N3O2/c1-18(25-14-15-27-22(17-25)10-5-11-22)21(26)23-20-8-12-24(13-9-20)16-19-6-3-2-4-7-19/h2-4,6-7,18,20H,5,8-17H2,1H3,(H,23,26). The summed E-state index contributed by atoms with van der Waals surface area (Å²) in [5.41, 5.74) is 1.42. The molecule has 0 radical (unpaired) electrons. The summed E-state index contributed by atoms with van der Waals surface area (Å²) in [5, 5.41) is 3.32. The molecule has 1 aliphatic carbocycles. The largest absolute Gasteiger partial charge is 0.372 e. The van der Waals surface area contributed by atoms with Crippen molar-refractivity contribution in [2.75, 3.05) is 32.8 Å². The van der Waals surface area contributed by atoms with E-state index in [4.69, 9.17) is 4.74 Å². The highest BCUT2D eigenvalue weighted by atomic mass is 16.5. The Balaban J connectivity index is 1.22. The van der Waals surface area contributed by atoms with Crippen molar-refractivity contribution < 1.29 is 9.53 Å². The second-order valence-electron chi connectivity index (χ2n) is 8.58. The summed E-state index contributed by atoms with van der Waals surface area (Å²) in [4.78, 5) is 17.6. The summed E-state index contributed by atoms with van der Waals surface area (Å²) in [6.45, 7) is 7.70. The maximum absolute atomic E-state index is 12.8. The minimum atomic E-state index is -0.0614. The number of ether oxygens (including phenoxy) is 1. The molecule has 2 saturated heterocycles. The molecular weight excluding hydrogens is 338 g/mol. The summed E-state index contributed by atoms with van der Waals surface area (Å²) in [6.07, 6.45) is 5.64. The topological polar surface area (TPSA) is 44.8 Å². The van der Waals surface area contributed by atoms with E-state index < -0.39 is 0 Å². The lowest BCUT2D eigenvalue weighted by Crippen LogP contribution is -2.60. The summed E-state index contributed by atoms with van der Waals surface area (Å²) in [5.74, 6) is 0.188. The van der Waals surface area contributed by atoms with E-state index in [1.807, 2.05) is 0 Å². The van der Waals surface area contributed by atoms with Crippen LogP contribution in [-0.4, -0.2) is 66.2 Å². The monoisotopic (exact) mass is 371 g/mol. The third-order valence-electron chi connectivity index (χ3n) is 6.65. The Morgan fingerprint density at radius 1 is 1.22 bits per heavy atom. The van der Waals surface area contributed by atoms with Gasteiger partial charge in [-0.15, -0.1) is 0 Å². The Bertz CT molecular complexity index is 624. The van der Waals surface area contributed by atoms with Crippen LogP contribution in [0.25, 0.3) is 0 Å². The Labute approximate surface area is 163 Å². The van der Waals surface area contributed by atoms with Gasteiger partial charge in [-0.05, 0) is 44.6 Å². The zero-order valence-corrected chi connectivity index (χ0v) is 16.5. The van der Waals surface area contributed by atoms with Gasteiger partial charge in [0.1, 0.15) is 0 Å². The molecule has 1 N–H and O–H groups in total. The van der Waals surface area contributed by atoms with Crippen molar-refractivity contribution in [2.45, 2.75) is 63.3 Å². The van der Waals surface area contributed by atoms with E-state index in [9.17, 15) is 4.79 Å². The van der Waals surface area contributed by atoms with Crippen molar-refractivity contribution in [1.29, 1.82) is 0 Å². The lowest BCUT2D eigenvalue weighted by Gasteiger charge is -2.49. The first-order chi connectivity index (χ1) is 13.1. The number of rotatable bonds is 5. The van der Waals surface area contributed by atoms with Crippen LogP contribution in [0.3, 0.4) is 0 Å². The molecule has 1 atom stereocenters. The van der Waals surface area contributed by atoms with Gasteiger partial charge in [-0.3, -0.25) is 14.6 Å². The number of nitrogens with one attached hydrogen (secondary N) is 1. The molecule has 2 aliphatic heterocycles. The van der Waals surface area contributed by atoms with Gasteiger partial charge in [0.15, 0.2) is 0 Å². The summed E-state index contributed by atoms with van der Waals surface area (Å²) < 4.78 is 5.99. The molecule has 1 amide bonds. The number of nitrogens with zero attached hydrogens (tertiary/aromatic N) is 2. The van der Waals surface area contributed by atoms with Crippen LogP contribution in [0, 0.1) is 0 Å². The number of hydrogen-bond acceptors (Lipinski definition) is 4. The Morgan fingerprint density at radius 3 is 2.63 bits per heavy atom. The van der Waals surface area contributed by atoms with Crippen molar-refractivity contribution in [3.63, 3.8) is 0 Å². The van der Waals surface area contributed by atoms with Crippen LogP contribution >= 0.6 is 0 Å². The van der Waals surface area contributed by atoms with Crippen LogP contribution < -0.4 is 5.32 Å². The summed E-state index contributed by atoms with van der Waals surface area (Å²) in [7, 11) is 0. The predicted molar refractivity (Wildman–Crippen MR) is 106 cm³/mol. The van der Waals surface area contributed by atoms with E-state index in [1.54, 1.807) is 0 Å². The van der Waals surface area contributed by atoms with Gasteiger partial charge in [-0.1, -0.05) is 30.3 Å². The maximum Gasteiger partial charge on any atom is 0.237 e. The predicted octanol–water partition coefficient (Wildman–Crippen LogP) is 2.41. The van der Waals surface area contributed by atoms with Gasteiger partial charge >= 0.3 is 0 Å². The molecule has 148 valence electrons. The Morgan fingerprint density at radius 2 is 1.96 bits per heavy atom. The highest BCUT2D eigenvalue weighted by Gasteiger charge is 2.43. The SMILES string of the molecule is CC(C(=O)NC1CCN(Cc2ccccc2)CC1)N1CCOC2(CCC2)C1. The third-order valence-corrected chi connectivity index (χ3v) is 6.65. The first kappa shape index (κ1) is 18.9. The third kappa shape index (κ3) is 4.53. The van der Waals surface area contributed by atoms with Gasteiger partial charge in [0.25, 0.3) is 0 Å². The lowest BCUT2D eigenvalue weighted by atomic mass is 9.78. The first-order valence-corrected chi connectivity index (χ1v) is 10.6. The molecule has 3 aliphatic rings. The number of benzene rings is 1. The van der Waals surface area contributed by atoms with Crippen LogP contribution in [0.15, 0.2) is 30.3 Å². The van der Waals surface area contributed by atoms with Crippen molar-refractivity contribution in [3.8, 4) is 0 Å². The Hall–Kier alpha value is -1.43. The molecule has 0 aromatic heterocycles. The summed E-state index contributed by atoms with van der Waals surface area (Å²) in [6, 6.07) is 10.9. The molecule has 0 bridgehead atoms. The van der Waals surface area contributed by atoms with E-state index >= 15 is 0 Å². The molecule has 27 heavy (non-hydrogen) atoms. The quantitative estimate of drug-likeness (QED) is 0.863. The molecule has 5 heteroatoms. The van der Waals surface area contributed by atoms with E-state index in [0.29, 0.717) is 6.04 Å². The molecule has 5 nitrogen and oxygen atoms in total. The van der Waals surface area contributed by atoms with Crippen LogP contribution in [0.2, 0.25) is 0 Å². The zero-order chi connectivity index (χ0) is 18.7. The number of morpholine rings is 1. The fourth-order valence-electron chi connectivity index (χ4n) is 4.64. The van der Waals surface area contributed by atoms with Gasteiger partial charge < -0.3 is 10.1 Å². The normalized spacial score (nSPS) is 25.1. The highest BCUT2D eigenvalue weighted by molar-refractivity contribution is 5.81. The molecule has 1 unspecified atom stereocenters. The molecule has 1 aromatic rings. The van der Waals surface area contributed by atoms with Gasteiger partial charge in [-0.25, -0.2) is 0 Å². The molecule has 1 aromatic carbocycles. The number of likely N-dealkylation sites (tertiary alicyclic amines) is 1. The van der Waals surface area contributed by atoms with Crippen molar-refractivity contribution in [1.82, 2.24) is 15.1 Å². The molecule has 1 saturated carbocycles. The molecule has 2 heterocycles. The highest BCUT2D eigenvalue weighted by Crippen LogP contribution is 2.38. The van der Waals surface area contributed by atoms with Crippen LogP contribution in [0.5, 0.6) is 0 Å². The van der Waals surface area contributed by atoms with Crippen molar-refractivity contribution >= 4 is 5.91 Å². The van der Waals surface area contributed by atoms with Crippen LogP contribution in [0.1, 0.15) is 44.6 Å². The number of amides is 1. The van der Waals surface area contributed by atoms with E-state index in [-0.39, 0.29) is 17.6 Å². The number of carbonyl (C=O) groups is 1. The van der Waals surface area contributed by atoms with E-state index in [1.165, 1.54) is 12.0 Å². The number of carbonyl (C=O) groups excluding carboxylic acids is 1. The van der Waals surface area contributed by atoms with Gasteiger partial charge in [0.05, 0.1) is 18.2 Å². The van der Waals surface area contributed by atoms with Crippen molar-refractivity contribution in [2.24, 2.45) is 0 Å². The maximum atomic E-state index is 12.8. The second-order valence-corrected chi connectivity index (χ2v) is 8.58. The average Bonchev–Trinajstić information content (AvgIpc) is 2.68. The van der Waals surface area contributed by atoms with Gasteiger partial charge in [-0.2, -0.15) is 0 Å². The first-order valence-electron chi connectivity index (χ1n) is 10.6. The second kappa shape index (κ2) is 8.29. The van der Waals surface area contributed by atoms with Crippen LogP contribution in [-0.2, 0) is 16.1 Å². The molecule has 4 rings (SSSR count). The average molecular weight is 372 g/mol. The summed E-state index contributed by atoms with van der Waals surface area (Å²) >= 11 is 0. The zero-order valence-electron chi connectivity index (χ0n) is 16.5. The minimum absolute atomic E-state index is 0.0512. The smallest absolute Gasteiger partial charge is 0.237 e. The van der Waals surface area contributed by atoms with E-state index in [2.05, 4.69) is 52.4 Å². The molecular formula is C22H33N3O2. The fraction of sp³-hybridized carbons (Fsp3) is 0.682. The molecule has 1 spiro atoms. The van der Waals surface area contributed by atoms with Crippen LogP contribution in [0.4, 0.5) is 0 Å². The van der Waals surface area contributed by atoms with E-state index in [0.717, 1.165) is 65.0 Å². The van der Waals surface area contributed by atoms with Gasteiger partial charge in [0, 0.05) is 38.8 Å². The minimum Gasteiger partial charge on any atom is -0.372 e. The van der Waals surface area contributed by atoms with Gasteiger partial charge in [0.2, 0.25) is 5.91 Å². The van der Waals surface area contributed by atoms with Crippen molar-refractivity contribution in [3.05, 3.63) is 35.9 Å².